The van der Waals surface area contributed by atoms with Crippen LogP contribution < -0.4 is 15.9 Å². The van der Waals surface area contributed by atoms with Gasteiger partial charge in [0.15, 0.2) is 0 Å². The minimum Gasteiger partial charge on any atom is -0.412 e. The van der Waals surface area contributed by atoms with Crippen molar-refractivity contribution in [2.24, 2.45) is 0 Å². The van der Waals surface area contributed by atoms with Crippen molar-refractivity contribution in [2.75, 3.05) is 0 Å². The molecule has 106 valence electrons. The molecule has 3 aromatic carbocycles. The Hall–Kier alpha value is -1.47. The molecule has 3 rings (SSSR count). The van der Waals surface area contributed by atoms with E-state index < -0.39 is 7.92 Å². The SMILES string of the molecule is Brc1ccc(P(c2ccccc2)c2ccccc2)cc1.O. The van der Waals surface area contributed by atoms with Gasteiger partial charge in [-0.25, -0.2) is 0 Å². The van der Waals surface area contributed by atoms with Crippen LogP contribution >= 0.6 is 23.9 Å². The molecule has 0 aromatic heterocycles. The van der Waals surface area contributed by atoms with Crippen molar-refractivity contribution in [1.29, 1.82) is 0 Å². The van der Waals surface area contributed by atoms with E-state index in [-0.39, 0.29) is 5.48 Å². The van der Waals surface area contributed by atoms with Crippen molar-refractivity contribution in [3.05, 3.63) is 89.4 Å². The molecule has 3 heteroatoms. The molecular weight excluding hydrogens is 343 g/mol. The third-order valence-corrected chi connectivity index (χ3v) is 6.09. The molecule has 0 atom stereocenters. The Balaban J connectivity index is 0.00000161. The topological polar surface area (TPSA) is 31.5 Å². The highest BCUT2D eigenvalue weighted by atomic mass is 79.9. The number of hydrogen-bond acceptors (Lipinski definition) is 0. The Morgan fingerprint density at radius 2 is 0.905 bits per heavy atom. The smallest absolute Gasteiger partial charge is 0.0175 e. The molecule has 0 unspecified atom stereocenters. The van der Waals surface area contributed by atoms with Crippen molar-refractivity contribution in [1.82, 2.24) is 0 Å². The summed E-state index contributed by atoms with van der Waals surface area (Å²) in [7, 11) is -0.479. The van der Waals surface area contributed by atoms with Gasteiger partial charge in [-0.15, -0.1) is 0 Å². The van der Waals surface area contributed by atoms with Crippen LogP contribution in [0.2, 0.25) is 0 Å². The molecule has 0 spiro atoms. The highest BCUT2D eigenvalue weighted by Crippen LogP contribution is 2.32. The van der Waals surface area contributed by atoms with Crippen LogP contribution in [0.4, 0.5) is 0 Å². The maximum Gasteiger partial charge on any atom is 0.0175 e. The lowest BCUT2D eigenvalue weighted by molar-refractivity contribution is 0.824. The van der Waals surface area contributed by atoms with Gasteiger partial charge >= 0.3 is 0 Å². The summed E-state index contributed by atoms with van der Waals surface area (Å²) >= 11 is 3.51. The van der Waals surface area contributed by atoms with Crippen molar-refractivity contribution >= 4 is 39.8 Å². The predicted octanol–water partition coefficient (Wildman–Crippen LogP) is 3.38. The number of halogens is 1. The normalized spacial score (nSPS) is 10.2. The average molecular weight is 359 g/mol. The fourth-order valence-electron chi connectivity index (χ4n) is 2.19. The van der Waals surface area contributed by atoms with Crippen LogP contribution in [-0.2, 0) is 0 Å². The first-order chi connectivity index (χ1) is 9.84. The molecule has 2 N–H and O–H groups in total. The van der Waals surface area contributed by atoms with Crippen molar-refractivity contribution in [3.8, 4) is 0 Å². The molecule has 21 heavy (non-hydrogen) atoms. The number of benzene rings is 3. The molecule has 1 nitrogen and oxygen atoms in total. The zero-order valence-electron chi connectivity index (χ0n) is 11.4. The van der Waals surface area contributed by atoms with Crippen LogP contribution in [-0.4, -0.2) is 5.48 Å². The second kappa shape index (κ2) is 7.51. The van der Waals surface area contributed by atoms with Crippen molar-refractivity contribution < 1.29 is 5.48 Å². The van der Waals surface area contributed by atoms with E-state index in [9.17, 15) is 0 Å². The molecule has 3 aromatic rings. The molecular formula is C18H16BrOP. The zero-order valence-corrected chi connectivity index (χ0v) is 13.9. The molecule has 0 aliphatic carbocycles. The molecule has 0 radical (unpaired) electrons. The van der Waals surface area contributed by atoms with Gasteiger partial charge in [-0.2, -0.15) is 0 Å². The summed E-state index contributed by atoms with van der Waals surface area (Å²) in [4.78, 5) is 0. The Bertz CT molecular complexity index is 629. The van der Waals surface area contributed by atoms with Gasteiger partial charge in [-0.3, -0.25) is 0 Å². The summed E-state index contributed by atoms with van der Waals surface area (Å²) in [6.07, 6.45) is 0. The predicted molar refractivity (Wildman–Crippen MR) is 96.5 cm³/mol. The van der Waals surface area contributed by atoms with Crippen LogP contribution in [0, 0.1) is 0 Å². The summed E-state index contributed by atoms with van der Waals surface area (Å²) in [5.41, 5.74) is 0. The van der Waals surface area contributed by atoms with Crippen LogP contribution in [0.5, 0.6) is 0 Å². The molecule has 0 aliphatic rings. The minimum absolute atomic E-state index is 0. The maximum absolute atomic E-state index is 3.51. The molecule has 0 heterocycles. The van der Waals surface area contributed by atoms with Gasteiger partial charge in [0.2, 0.25) is 0 Å². The molecule has 0 bridgehead atoms. The molecule has 0 amide bonds. The molecule has 0 saturated carbocycles. The maximum atomic E-state index is 3.51. The third-order valence-electron chi connectivity index (χ3n) is 3.11. The van der Waals surface area contributed by atoms with E-state index in [2.05, 4.69) is 101 Å². The average Bonchev–Trinajstić information content (AvgIpc) is 2.52. The monoisotopic (exact) mass is 358 g/mol. The lowest BCUT2D eigenvalue weighted by Crippen LogP contribution is -2.20. The molecule has 0 fully saturated rings. The second-order valence-electron chi connectivity index (χ2n) is 4.48. The fraction of sp³-hybridized carbons (Fsp3) is 0. The van der Waals surface area contributed by atoms with Crippen LogP contribution in [0.3, 0.4) is 0 Å². The highest BCUT2D eigenvalue weighted by Gasteiger charge is 2.15. The van der Waals surface area contributed by atoms with E-state index in [0.717, 1.165) is 4.47 Å². The van der Waals surface area contributed by atoms with Gasteiger partial charge in [-0.05, 0) is 36.0 Å². The number of hydrogen-bond donors (Lipinski definition) is 0. The van der Waals surface area contributed by atoms with Gasteiger partial charge in [0, 0.05) is 4.47 Å². The lowest BCUT2D eigenvalue weighted by atomic mass is 10.4. The Morgan fingerprint density at radius 1 is 0.524 bits per heavy atom. The van der Waals surface area contributed by atoms with E-state index in [4.69, 9.17) is 0 Å². The van der Waals surface area contributed by atoms with Crippen molar-refractivity contribution in [2.45, 2.75) is 0 Å². The lowest BCUT2D eigenvalue weighted by Gasteiger charge is -2.19. The summed E-state index contributed by atoms with van der Waals surface area (Å²) in [6, 6.07) is 30.2. The van der Waals surface area contributed by atoms with E-state index in [0.29, 0.717) is 0 Å². The molecule has 0 aliphatic heterocycles. The Kier molecular flexibility index (Phi) is 5.69. The van der Waals surface area contributed by atoms with Gasteiger partial charge in [0.05, 0.1) is 0 Å². The van der Waals surface area contributed by atoms with Gasteiger partial charge in [0.1, 0.15) is 0 Å². The van der Waals surface area contributed by atoms with Crippen LogP contribution in [0.1, 0.15) is 0 Å². The van der Waals surface area contributed by atoms with E-state index in [1.165, 1.54) is 15.9 Å². The second-order valence-corrected chi connectivity index (χ2v) is 7.62. The van der Waals surface area contributed by atoms with Gasteiger partial charge in [0.25, 0.3) is 0 Å². The molecule has 0 saturated heterocycles. The summed E-state index contributed by atoms with van der Waals surface area (Å²) in [5.74, 6) is 0. The minimum atomic E-state index is -0.479. The van der Waals surface area contributed by atoms with Gasteiger partial charge < -0.3 is 5.48 Å². The zero-order chi connectivity index (χ0) is 13.8. The first-order valence-electron chi connectivity index (χ1n) is 6.50. The summed E-state index contributed by atoms with van der Waals surface area (Å²) in [6.45, 7) is 0. The van der Waals surface area contributed by atoms with E-state index in [1.807, 2.05) is 0 Å². The van der Waals surface area contributed by atoms with Crippen LogP contribution in [0.25, 0.3) is 0 Å². The first kappa shape index (κ1) is 15.9. The highest BCUT2D eigenvalue weighted by molar-refractivity contribution is 9.10. The Morgan fingerprint density at radius 3 is 1.33 bits per heavy atom. The fourth-order valence-corrected chi connectivity index (χ4v) is 4.74. The third kappa shape index (κ3) is 3.79. The summed E-state index contributed by atoms with van der Waals surface area (Å²) in [5, 5.41) is 4.15. The Labute approximate surface area is 134 Å². The van der Waals surface area contributed by atoms with Gasteiger partial charge in [-0.1, -0.05) is 88.7 Å². The van der Waals surface area contributed by atoms with E-state index >= 15 is 0 Å². The van der Waals surface area contributed by atoms with Crippen molar-refractivity contribution in [3.63, 3.8) is 0 Å². The summed E-state index contributed by atoms with van der Waals surface area (Å²) < 4.78 is 1.12. The number of rotatable bonds is 3. The van der Waals surface area contributed by atoms with Crippen LogP contribution in [0.15, 0.2) is 89.4 Å². The quantitative estimate of drug-likeness (QED) is 0.643. The van der Waals surface area contributed by atoms with E-state index in [1.54, 1.807) is 0 Å². The standard InChI is InChI=1S/C18H14BrP.H2O/c19-15-11-13-18(14-12-15)20(16-7-3-1-4-8-16)17-9-5-2-6-10-17;/h1-14H;1H2. The first-order valence-corrected chi connectivity index (χ1v) is 8.64. The largest absolute Gasteiger partial charge is 0.412 e.